The molecule has 0 saturated carbocycles. The van der Waals surface area contributed by atoms with Gasteiger partial charge >= 0.3 is 24.1 Å². The van der Waals surface area contributed by atoms with Crippen molar-refractivity contribution in [1.82, 2.24) is 9.47 Å². The molecule has 1 unspecified atom stereocenters. The number of carbonyl (C=O) groups is 2. The number of hydrogen-bond donors (Lipinski definition) is 0. The molecule has 1 aromatic carbocycles. The van der Waals surface area contributed by atoms with Gasteiger partial charge in [0.2, 0.25) is 5.82 Å². The van der Waals surface area contributed by atoms with Crippen LogP contribution < -0.4 is 15.4 Å². The maximum atomic E-state index is 13.8. The summed E-state index contributed by atoms with van der Waals surface area (Å²) < 4.78 is 66.9. The largest absolute Gasteiger partial charge is 0.443 e. The zero-order chi connectivity index (χ0) is 36.0. The van der Waals surface area contributed by atoms with Gasteiger partial charge in [0, 0.05) is 44.3 Å². The molecule has 1 aromatic heterocycles. The number of rotatable bonds is 5. The highest BCUT2D eigenvalue weighted by molar-refractivity contribution is 6.11. The molecule has 2 amide bonds. The fourth-order valence-electron chi connectivity index (χ4n) is 5.52. The molecule has 0 N–H and O–H groups in total. The van der Waals surface area contributed by atoms with Crippen LogP contribution in [0.2, 0.25) is 0 Å². The summed E-state index contributed by atoms with van der Waals surface area (Å²) in [5.74, 6) is -1.72. The van der Waals surface area contributed by atoms with E-state index in [2.05, 4.69) is 0 Å². The highest BCUT2D eigenvalue weighted by Crippen LogP contribution is 2.42. The molecule has 1 fully saturated rings. The van der Waals surface area contributed by atoms with Gasteiger partial charge in [0.1, 0.15) is 22.7 Å². The first-order valence-electron chi connectivity index (χ1n) is 14.9. The Morgan fingerprint density at radius 3 is 1.98 bits per heavy atom. The van der Waals surface area contributed by atoms with E-state index >= 15 is 0 Å². The summed E-state index contributed by atoms with van der Waals surface area (Å²) in [7, 11) is 1.16. The number of imide groups is 1. The maximum absolute atomic E-state index is 13.8. The van der Waals surface area contributed by atoms with Gasteiger partial charge in [-0.1, -0.05) is 6.07 Å². The quantitative estimate of drug-likeness (QED) is 0.192. The smallest absolute Gasteiger partial charge is 0.425 e. The molecule has 1 aliphatic heterocycles. The molecule has 47 heavy (non-hydrogen) atoms. The molecule has 1 saturated heterocycles. The van der Waals surface area contributed by atoms with Gasteiger partial charge in [0.05, 0.1) is 10.5 Å². The van der Waals surface area contributed by atoms with Crippen LogP contribution in [0, 0.1) is 15.9 Å². The predicted octanol–water partition coefficient (Wildman–Crippen LogP) is 6.79. The molecule has 16 heteroatoms. The maximum Gasteiger partial charge on any atom is 0.425 e. The van der Waals surface area contributed by atoms with Crippen molar-refractivity contribution in [2.24, 2.45) is 7.05 Å². The molecule has 2 heterocycles. The first-order valence-corrected chi connectivity index (χ1v) is 14.9. The zero-order valence-corrected chi connectivity index (χ0v) is 28.1. The van der Waals surface area contributed by atoms with Gasteiger partial charge < -0.3 is 14.4 Å². The van der Waals surface area contributed by atoms with Crippen molar-refractivity contribution >= 4 is 29.4 Å². The van der Waals surface area contributed by atoms with Gasteiger partial charge in [0.15, 0.2) is 0 Å². The van der Waals surface area contributed by atoms with E-state index in [0.29, 0.717) is 11.0 Å². The molecule has 260 valence electrons. The third-order valence-corrected chi connectivity index (χ3v) is 7.52. The highest BCUT2D eigenvalue weighted by atomic mass is 19.4. The minimum Gasteiger partial charge on any atom is -0.443 e. The number of nitro groups is 1. The Morgan fingerprint density at radius 1 is 0.979 bits per heavy atom. The molecule has 12 nitrogen and oxygen atoms in total. The SMILES string of the molecule is CC(c1ccc(F)cc1C(F)(F)F)N1C[C@H](C)N(c2cc(=O)n(C)c(N(C(=O)OC(C)(C)C)C(=O)OC(C)(C)C)c2[N+](=O)[O-])C[C@H]1C. The third kappa shape index (κ3) is 8.39. The Hall–Kier alpha value is -4.21. The van der Waals surface area contributed by atoms with Crippen molar-refractivity contribution in [2.45, 2.75) is 97.8 Å². The molecule has 1 aliphatic rings. The number of hydrogen-bond acceptors (Lipinski definition) is 9. The second-order valence-corrected chi connectivity index (χ2v) is 13.6. The van der Waals surface area contributed by atoms with Crippen molar-refractivity contribution in [3.8, 4) is 0 Å². The van der Waals surface area contributed by atoms with Crippen molar-refractivity contribution in [3.05, 3.63) is 61.7 Å². The third-order valence-electron chi connectivity index (χ3n) is 7.52. The summed E-state index contributed by atoms with van der Waals surface area (Å²) in [5.41, 5.74) is -5.31. The van der Waals surface area contributed by atoms with Crippen LogP contribution in [0.1, 0.15) is 79.5 Å². The monoisotopic (exact) mass is 671 g/mol. The average molecular weight is 672 g/mol. The number of piperazine rings is 1. The number of aromatic nitrogens is 1. The van der Waals surface area contributed by atoms with Crippen molar-refractivity contribution in [2.75, 3.05) is 22.9 Å². The van der Waals surface area contributed by atoms with Gasteiger partial charge in [-0.2, -0.15) is 18.1 Å². The van der Waals surface area contributed by atoms with E-state index in [-0.39, 0.29) is 24.3 Å². The van der Waals surface area contributed by atoms with Crippen LogP contribution in [0.4, 0.5) is 44.3 Å². The highest BCUT2D eigenvalue weighted by Gasteiger charge is 2.44. The van der Waals surface area contributed by atoms with Crippen molar-refractivity contribution in [3.63, 3.8) is 0 Å². The summed E-state index contributed by atoms with van der Waals surface area (Å²) in [5, 5.41) is 12.8. The van der Waals surface area contributed by atoms with Crippen molar-refractivity contribution < 1.29 is 41.5 Å². The number of benzene rings is 1. The lowest BCUT2D eigenvalue weighted by atomic mass is 9.96. The van der Waals surface area contributed by atoms with Gasteiger partial charge in [-0.25, -0.2) is 14.0 Å². The Morgan fingerprint density at radius 2 is 1.51 bits per heavy atom. The first-order chi connectivity index (χ1) is 21.3. The van der Waals surface area contributed by atoms with Crippen LogP contribution in [-0.4, -0.2) is 63.0 Å². The van der Waals surface area contributed by atoms with Crippen LogP contribution in [0.25, 0.3) is 0 Å². The predicted molar refractivity (Wildman–Crippen MR) is 166 cm³/mol. The van der Waals surface area contributed by atoms with Gasteiger partial charge in [-0.05, 0) is 80.0 Å². The summed E-state index contributed by atoms with van der Waals surface area (Å²) in [6, 6.07) is 1.50. The normalized spacial score (nSPS) is 18.5. The molecule has 0 radical (unpaired) electrons. The fourth-order valence-corrected chi connectivity index (χ4v) is 5.52. The summed E-state index contributed by atoms with van der Waals surface area (Å²) >= 11 is 0. The first kappa shape index (κ1) is 37.2. The summed E-state index contributed by atoms with van der Waals surface area (Å²) in [6.45, 7) is 14.1. The standard InChI is InChI=1S/C31H41F4N5O7/c1-17-16-38(18(2)15-37(17)19(3)21-12-11-20(32)13-22(21)31(33,34)35)23-14-24(41)36(10)26(25(23)40(44)45)39(27(42)46-29(4,5)6)28(43)47-30(7,8)9/h11-14,17-19H,15-16H2,1-10H3/t17-,18+,19?/m1/s1. The molecule has 3 atom stereocenters. The van der Waals surface area contributed by atoms with Crippen LogP contribution in [0.3, 0.4) is 0 Å². The van der Waals surface area contributed by atoms with Gasteiger partial charge in [-0.3, -0.25) is 24.4 Å². The number of ether oxygens (including phenoxy) is 2. The molecular formula is C31H41F4N5O7. The fraction of sp³-hybridized carbons (Fsp3) is 0.581. The van der Waals surface area contributed by atoms with Crippen molar-refractivity contribution in [1.29, 1.82) is 0 Å². The minimum absolute atomic E-state index is 0.000372. The lowest BCUT2D eigenvalue weighted by molar-refractivity contribution is -0.383. The molecule has 0 aliphatic carbocycles. The van der Waals surface area contributed by atoms with Crippen LogP contribution in [-0.2, 0) is 22.7 Å². The summed E-state index contributed by atoms with van der Waals surface area (Å²) in [6.07, 6.45) is -7.44. The van der Waals surface area contributed by atoms with E-state index in [9.17, 15) is 42.1 Å². The topological polar surface area (TPSA) is 127 Å². The van der Waals surface area contributed by atoms with Crippen LogP contribution >= 0.6 is 0 Å². The number of pyridine rings is 1. The van der Waals surface area contributed by atoms with Crippen LogP contribution in [0.5, 0.6) is 0 Å². The van der Waals surface area contributed by atoms with Gasteiger partial charge in [0.25, 0.3) is 5.56 Å². The van der Waals surface area contributed by atoms with E-state index in [1.54, 1.807) is 25.7 Å². The lowest BCUT2D eigenvalue weighted by Gasteiger charge is -2.47. The second-order valence-electron chi connectivity index (χ2n) is 13.6. The van der Waals surface area contributed by atoms with E-state index in [0.717, 1.165) is 29.8 Å². The van der Waals surface area contributed by atoms with Crippen LogP contribution in [0.15, 0.2) is 29.1 Å². The van der Waals surface area contributed by atoms with Gasteiger partial charge in [-0.15, -0.1) is 0 Å². The lowest BCUT2D eigenvalue weighted by Crippen LogP contribution is -2.57. The number of carbonyl (C=O) groups excluding carboxylic acids is 2. The molecule has 0 bridgehead atoms. The Kier molecular flexibility index (Phi) is 10.4. The Bertz CT molecular complexity index is 1570. The molecule has 2 aromatic rings. The number of amides is 2. The number of anilines is 2. The molecule has 0 spiro atoms. The number of alkyl halides is 3. The van der Waals surface area contributed by atoms with E-state index in [1.807, 2.05) is 0 Å². The second kappa shape index (κ2) is 13.1. The zero-order valence-electron chi connectivity index (χ0n) is 28.1. The Labute approximate surface area is 270 Å². The number of nitrogens with zero attached hydrogens (tertiary/aromatic N) is 5. The molecule has 3 rings (SSSR count). The van der Waals surface area contributed by atoms with E-state index in [1.165, 1.54) is 46.4 Å². The average Bonchev–Trinajstić information content (AvgIpc) is 2.89. The summed E-state index contributed by atoms with van der Waals surface area (Å²) in [4.78, 5) is 55.8. The Balaban J connectivity index is 2.16. The number of halogens is 4. The van der Waals surface area contributed by atoms with E-state index in [4.69, 9.17) is 9.47 Å². The van der Waals surface area contributed by atoms with E-state index < -0.39 is 81.1 Å². The molecular weight excluding hydrogens is 630 g/mol. The minimum atomic E-state index is -4.81.